The fraction of sp³-hybridized carbons (Fsp3) is 0.111. The monoisotopic (exact) mass is 161 g/mol. The van der Waals surface area contributed by atoms with E-state index in [0.717, 1.165) is 16.5 Å². The van der Waals surface area contributed by atoms with Crippen LogP contribution in [-0.2, 0) is 0 Å². The zero-order valence-corrected chi connectivity index (χ0v) is 6.79. The average molecular weight is 161 g/mol. The van der Waals surface area contributed by atoms with Gasteiger partial charge in [0.15, 0.2) is 0 Å². The van der Waals surface area contributed by atoms with Gasteiger partial charge < -0.3 is 4.74 Å². The first-order valence-corrected chi connectivity index (χ1v) is 3.66. The van der Waals surface area contributed by atoms with Crippen LogP contribution in [0.15, 0.2) is 18.2 Å². The molecule has 61 valence electrons. The van der Waals surface area contributed by atoms with Crippen LogP contribution >= 0.6 is 0 Å². The Balaban J connectivity index is 2.83. The predicted octanol–water partition coefficient (Wildman–Crippen LogP) is 1.75. The molecule has 2 rings (SSSR count). The van der Waals surface area contributed by atoms with Crippen LogP contribution in [0.2, 0.25) is 0 Å². The van der Waals surface area contributed by atoms with Crippen LogP contribution in [0.5, 0.6) is 5.88 Å². The highest BCUT2D eigenvalue weighted by molar-refractivity contribution is 5.87. The van der Waals surface area contributed by atoms with E-state index in [9.17, 15) is 0 Å². The smallest absolute Gasteiger partial charge is 0.240 e. The number of aromatic amines is 1. The van der Waals surface area contributed by atoms with Gasteiger partial charge in [0.05, 0.1) is 18.0 Å². The zero-order valence-electron chi connectivity index (χ0n) is 6.79. The van der Waals surface area contributed by atoms with Crippen molar-refractivity contribution in [2.45, 2.75) is 0 Å². The molecule has 0 amide bonds. The molecular formula is C9H9N2O. The average Bonchev–Trinajstić information content (AvgIpc) is 2.49. The molecular weight excluding hydrogens is 152 g/mol. The molecule has 0 unspecified atom stereocenters. The van der Waals surface area contributed by atoms with E-state index in [1.807, 2.05) is 18.2 Å². The van der Waals surface area contributed by atoms with Gasteiger partial charge in [-0.05, 0) is 18.6 Å². The number of methoxy groups -OCH3 is 1. The lowest BCUT2D eigenvalue weighted by atomic mass is 10.1. The van der Waals surface area contributed by atoms with E-state index in [-0.39, 0.29) is 0 Å². The second-order valence-corrected chi connectivity index (χ2v) is 2.57. The van der Waals surface area contributed by atoms with Gasteiger partial charge in [0.25, 0.3) is 0 Å². The molecule has 0 atom stereocenters. The van der Waals surface area contributed by atoms with E-state index in [1.54, 1.807) is 7.11 Å². The van der Waals surface area contributed by atoms with Crippen molar-refractivity contribution in [3.63, 3.8) is 0 Å². The number of nitrogens with zero attached hydrogens (tertiary/aromatic N) is 1. The van der Waals surface area contributed by atoms with Crippen molar-refractivity contribution in [1.29, 1.82) is 0 Å². The van der Waals surface area contributed by atoms with E-state index in [1.165, 1.54) is 0 Å². The van der Waals surface area contributed by atoms with Crippen LogP contribution in [0.4, 0.5) is 0 Å². The fourth-order valence-electron chi connectivity index (χ4n) is 1.26. The van der Waals surface area contributed by atoms with Crippen LogP contribution in [-0.4, -0.2) is 17.3 Å². The van der Waals surface area contributed by atoms with Gasteiger partial charge >= 0.3 is 0 Å². The van der Waals surface area contributed by atoms with Gasteiger partial charge in [-0.25, -0.2) is 0 Å². The first-order chi connectivity index (χ1) is 5.83. The maximum absolute atomic E-state index is 5.07. The van der Waals surface area contributed by atoms with Crippen molar-refractivity contribution in [3.05, 3.63) is 30.7 Å². The molecule has 0 aliphatic rings. The molecule has 0 bridgehead atoms. The molecule has 1 N–H and O–H groups in total. The predicted molar refractivity (Wildman–Crippen MR) is 47.1 cm³/mol. The Bertz CT molecular complexity index is 406. The largest absolute Gasteiger partial charge is 0.479 e. The Morgan fingerprint density at radius 3 is 3.08 bits per heavy atom. The molecule has 1 heterocycles. The molecule has 0 aliphatic heterocycles. The molecule has 3 heteroatoms. The molecule has 1 aromatic carbocycles. The number of hydrogen-bond donors (Lipinski definition) is 1. The van der Waals surface area contributed by atoms with Crippen molar-refractivity contribution >= 4 is 10.9 Å². The third-order valence-corrected chi connectivity index (χ3v) is 1.84. The van der Waals surface area contributed by atoms with Crippen LogP contribution in [0, 0.1) is 6.92 Å². The number of H-pyrrole nitrogens is 1. The van der Waals surface area contributed by atoms with Gasteiger partial charge in [0.2, 0.25) is 5.88 Å². The summed E-state index contributed by atoms with van der Waals surface area (Å²) in [6, 6.07) is 5.81. The molecule has 12 heavy (non-hydrogen) atoms. The lowest BCUT2D eigenvalue weighted by molar-refractivity contribution is 0.401. The first-order valence-electron chi connectivity index (χ1n) is 3.66. The summed E-state index contributed by atoms with van der Waals surface area (Å²) in [5, 5.41) is 7.81. The van der Waals surface area contributed by atoms with Crippen molar-refractivity contribution < 1.29 is 4.74 Å². The molecule has 2 aromatic rings. The summed E-state index contributed by atoms with van der Waals surface area (Å²) in [5.41, 5.74) is 1.89. The number of hydrogen-bond acceptors (Lipinski definition) is 2. The van der Waals surface area contributed by atoms with Gasteiger partial charge in [0, 0.05) is 0 Å². The minimum atomic E-state index is 0.607. The second kappa shape index (κ2) is 2.52. The minimum Gasteiger partial charge on any atom is -0.479 e. The summed E-state index contributed by atoms with van der Waals surface area (Å²) in [6.45, 7) is 3.89. The number of fused-ring (bicyclic) bond motifs is 1. The lowest BCUT2D eigenvalue weighted by Gasteiger charge is -1.96. The van der Waals surface area contributed by atoms with Crippen molar-refractivity contribution in [1.82, 2.24) is 10.2 Å². The molecule has 1 radical (unpaired) electrons. The number of ether oxygens (including phenoxy) is 1. The third kappa shape index (κ3) is 0.863. The minimum absolute atomic E-state index is 0.607. The maximum Gasteiger partial charge on any atom is 0.240 e. The quantitative estimate of drug-likeness (QED) is 0.692. The SMILES string of the molecule is [CH2]c1cccc2[nH]nc(OC)c12. The van der Waals surface area contributed by atoms with E-state index in [4.69, 9.17) is 4.74 Å². The van der Waals surface area contributed by atoms with E-state index in [0.29, 0.717) is 5.88 Å². The molecule has 3 nitrogen and oxygen atoms in total. The van der Waals surface area contributed by atoms with Crippen LogP contribution in [0.25, 0.3) is 10.9 Å². The highest BCUT2D eigenvalue weighted by atomic mass is 16.5. The number of nitrogens with one attached hydrogen (secondary N) is 1. The van der Waals surface area contributed by atoms with Crippen molar-refractivity contribution in [2.24, 2.45) is 0 Å². The Labute approximate surface area is 70.4 Å². The summed E-state index contributed by atoms with van der Waals surface area (Å²) in [7, 11) is 1.60. The van der Waals surface area contributed by atoms with Crippen LogP contribution in [0.1, 0.15) is 5.56 Å². The molecule has 0 spiro atoms. The maximum atomic E-state index is 5.07. The summed E-state index contributed by atoms with van der Waals surface area (Å²) in [6.07, 6.45) is 0. The lowest BCUT2D eigenvalue weighted by Crippen LogP contribution is -1.83. The third-order valence-electron chi connectivity index (χ3n) is 1.84. The molecule has 1 aromatic heterocycles. The van der Waals surface area contributed by atoms with Gasteiger partial charge in [-0.1, -0.05) is 12.1 Å². The molecule has 0 fully saturated rings. The normalized spacial score (nSPS) is 10.5. The number of benzene rings is 1. The van der Waals surface area contributed by atoms with Crippen molar-refractivity contribution in [2.75, 3.05) is 7.11 Å². The summed E-state index contributed by atoms with van der Waals surface area (Å²) < 4.78 is 5.07. The summed E-state index contributed by atoms with van der Waals surface area (Å²) in [4.78, 5) is 0. The van der Waals surface area contributed by atoms with Gasteiger partial charge in [0.1, 0.15) is 0 Å². The second-order valence-electron chi connectivity index (χ2n) is 2.57. The Morgan fingerprint density at radius 1 is 1.50 bits per heavy atom. The summed E-state index contributed by atoms with van der Waals surface area (Å²) in [5.74, 6) is 0.607. The number of aromatic nitrogens is 2. The number of rotatable bonds is 1. The molecule has 0 aliphatic carbocycles. The first kappa shape index (κ1) is 7.16. The topological polar surface area (TPSA) is 37.9 Å². The van der Waals surface area contributed by atoms with Gasteiger partial charge in [-0.15, -0.1) is 5.10 Å². The highest BCUT2D eigenvalue weighted by Crippen LogP contribution is 2.24. The standard InChI is InChI=1S/C9H9N2O/c1-6-4-3-5-7-8(6)9(12-2)11-10-7/h3-5H,1H2,2H3,(H,10,11). The highest BCUT2D eigenvalue weighted by Gasteiger charge is 2.06. The van der Waals surface area contributed by atoms with Gasteiger partial charge in [-0.2, -0.15) is 0 Å². The molecule has 0 saturated carbocycles. The van der Waals surface area contributed by atoms with E-state index < -0.39 is 0 Å². The zero-order chi connectivity index (χ0) is 8.55. The Kier molecular flexibility index (Phi) is 1.50. The summed E-state index contributed by atoms with van der Waals surface area (Å²) >= 11 is 0. The van der Waals surface area contributed by atoms with Gasteiger partial charge in [-0.3, -0.25) is 5.10 Å². The van der Waals surface area contributed by atoms with Crippen molar-refractivity contribution in [3.8, 4) is 5.88 Å². The van der Waals surface area contributed by atoms with Crippen LogP contribution in [0.3, 0.4) is 0 Å². The molecule has 0 saturated heterocycles. The fourth-order valence-corrected chi connectivity index (χ4v) is 1.26. The van der Waals surface area contributed by atoms with E-state index >= 15 is 0 Å². The van der Waals surface area contributed by atoms with Crippen LogP contribution < -0.4 is 4.74 Å². The van der Waals surface area contributed by atoms with E-state index in [2.05, 4.69) is 17.1 Å². The Morgan fingerprint density at radius 2 is 2.33 bits per heavy atom. The Hall–Kier alpha value is -1.51.